The van der Waals surface area contributed by atoms with Crippen LogP contribution in [0.5, 0.6) is 5.75 Å². The molecule has 1 fully saturated rings. The molecule has 170 valence electrons. The monoisotopic (exact) mass is 452 g/mol. The smallest absolute Gasteiger partial charge is 0.330 e. The summed E-state index contributed by atoms with van der Waals surface area (Å²) in [5.41, 5.74) is -0.474. The van der Waals surface area contributed by atoms with Crippen molar-refractivity contribution in [3.63, 3.8) is 0 Å². The Balaban J connectivity index is 1.57. The van der Waals surface area contributed by atoms with Crippen molar-refractivity contribution in [3.8, 4) is 5.75 Å². The SMILES string of the molecule is O=CN1CCN(c2ncc3c(=O)c(C(=O)NC(C(=O)O)c4ccc(O)cc4)c[nH]c3n2)CC1. The van der Waals surface area contributed by atoms with Gasteiger partial charge in [0.1, 0.15) is 17.0 Å². The number of carbonyl (C=O) groups is 3. The quantitative estimate of drug-likeness (QED) is 0.372. The molecule has 1 saturated heterocycles. The molecule has 0 radical (unpaired) electrons. The first-order valence-corrected chi connectivity index (χ1v) is 10.0. The fourth-order valence-corrected chi connectivity index (χ4v) is 3.51. The van der Waals surface area contributed by atoms with Gasteiger partial charge in [-0.2, -0.15) is 4.98 Å². The summed E-state index contributed by atoms with van der Waals surface area (Å²) in [5, 5.41) is 21.3. The molecule has 0 saturated carbocycles. The first-order chi connectivity index (χ1) is 15.9. The van der Waals surface area contributed by atoms with E-state index in [1.165, 1.54) is 36.7 Å². The molecule has 4 rings (SSSR count). The number of rotatable bonds is 6. The molecule has 12 heteroatoms. The summed E-state index contributed by atoms with van der Waals surface area (Å²) >= 11 is 0. The van der Waals surface area contributed by atoms with Crippen molar-refractivity contribution in [1.82, 2.24) is 25.2 Å². The number of H-pyrrole nitrogens is 1. The number of aromatic nitrogens is 3. The van der Waals surface area contributed by atoms with Crippen LogP contribution in [0, 0.1) is 0 Å². The van der Waals surface area contributed by atoms with Crippen molar-refractivity contribution in [1.29, 1.82) is 0 Å². The first kappa shape index (κ1) is 21.7. The van der Waals surface area contributed by atoms with Gasteiger partial charge in [0.05, 0.1) is 5.39 Å². The predicted octanol–water partition coefficient (Wildman–Crippen LogP) is -0.142. The molecule has 1 aliphatic rings. The lowest BCUT2D eigenvalue weighted by atomic mass is 10.1. The van der Waals surface area contributed by atoms with Gasteiger partial charge in [-0.15, -0.1) is 0 Å². The number of hydrogen-bond acceptors (Lipinski definition) is 8. The Hall–Kier alpha value is -4.48. The molecule has 2 amide bonds. The zero-order valence-electron chi connectivity index (χ0n) is 17.3. The van der Waals surface area contributed by atoms with E-state index < -0.39 is 23.3 Å². The van der Waals surface area contributed by atoms with Crippen LogP contribution in [0.2, 0.25) is 0 Å². The van der Waals surface area contributed by atoms with Gasteiger partial charge >= 0.3 is 5.97 Å². The first-order valence-electron chi connectivity index (χ1n) is 10.0. The van der Waals surface area contributed by atoms with Crippen LogP contribution in [-0.4, -0.2) is 74.5 Å². The number of benzene rings is 1. The Bertz CT molecular complexity index is 1270. The number of amides is 2. The van der Waals surface area contributed by atoms with E-state index in [2.05, 4.69) is 20.3 Å². The molecular formula is C21H20N6O6. The molecule has 0 spiro atoms. The third-order valence-corrected chi connectivity index (χ3v) is 5.36. The van der Waals surface area contributed by atoms with E-state index in [1.54, 1.807) is 4.90 Å². The number of pyridine rings is 1. The molecule has 1 aromatic carbocycles. The van der Waals surface area contributed by atoms with Crippen LogP contribution < -0.4 is 15.6 Å². The number of nitrogens with zero attached hydrogens (tertiary/aromatic N) is 4. The average Bonchev–Trinajstić information content (AvgIpc) is 2.83. The number of carboxylic acid groups (broad SMARTS) is 1. The minimum absolute atomic E-state index is 0.0508. The van der Waals surface area contributed by atoms with E-state index in [0.717, 1.165) is 6.41 Å². The van der Waals surface area contributed by atoms with Gasteiger partial charge in [0, 0.05) is 38.6 Å². The average molecular weight is 452 g/mol. The van der Waals surface area contributed by atoms with E-state index in [9.17, 15) is 29.4 Å². The van der Waals surface area contributed by atoms with Crippen LogP contribution in [0.4, 0.5) is 5.95 Å². The predicted molar refractivity (Wildman–Crippen MR) is 116 cm³/mol. The lowest BCUT2D eigenvalue weighted by Gasteiger charge is -2.32. The van der Waals surface area contributed by atoms with Crippen molar-refractivity contribution in [2.24, 2.45) is 0 Å². The largest absolute Gasteiger partial charge is 0.508 e. The lowest BCUT2D eigenvalue weighted by molar-refractivity contribution is -0.139. The summed E-state index contributed by atoms with van der Waals surface area (Å²) in [4.78, 5) is 63.0. The van der Waals surface area contributed by atoms with Crippen LogP contribution >= 0.6 is 0 Å². The summed E-state index contributed by atoms with van der Waals surface area (Å²) in [6.45, 7) is 2.16. The van der Waals surface area contributed by atoms with E-state index in [1.807, 2.05) is 4.90 Å². The molecule has 4 N–H and O–H groups in total. The lowest BCUT2D eigenvalue weighted by Crippen LogP contribution is -2.46. The van der Waals surface area contributed by atoms with Crippen molar-refractivity contribution >= 4 is 35.3 Å². The second-order valence-electron chi connectivity index (χ2n) is 7.43. The molecule has 12 nitrogen and oxygen atoms in total. The summed E-state index contributed by atoms with van der Waals surface area (Å²) in [5.74, 6) is -1.87. The molecule has 0 aliphatic carbocycles. The van der Waals surface area contributed by atoms with Gasteiger partial charge in [-0.25, -0.2) is 9.78 Å². The number of aromatic hydroxyl groups is 1. The maximum atomic E-state index is 12.9. The number of hydrogen-bond donors (Lipinski definition) is 4. The van der Waals surface area contributed by atoms with Crippen molar-refractivity contribution in [2.45, 2.75) is 6.04 Å². The third-order valence-electron chi connectivity index (χ3n) is 5.36. The van der Waals surface area contributed by atoms with Gasteiger partial charge in [-0.3, -0.25) is 14.4 Å². The number of nitrogens with one attached hydrogen (secondary N) is 2. The second-order valence-corrected chi connectivity index (χ2v) is 7.43. The van der Waals surface area contributed by atoms with Crippen LogP contribution in [0.15, 0.2) is 41.5 Å². The molecule has 1 aliphatic heterocycles. The highest BCUT2D eigenvalue weighted by molar-refractivity contribution is 5.98. The molecular weight excluding hydrogens is 432 g/mol. The number of carboxylic acids is 1. The minimum Gasteiger partial charge on any atom is -0.508 e. The highest BCUT2D eigenvalue weighted by Gasteiger charge is 2.25. The molecule has 2 aromatic heterocycles. The Kier molecular flexibility index (Phi) is 5.89. The molecule has 1 atom stereocenters. The number of anilines is 1. The van der Waals surface area contributed by atoms with E-state index >= 15 is 0 Å². The summed E-state index contributed by atoms with van der Waals surface area (Å²) in [6.07, 6.45) is 3.28. The highest BCUT2D eigenvalue weighted by atomic mass is 16.4. The van der Waals surface area contributed by atoms with E-state index in [4.69, 9.17) is 0 Å². The van der Waals surface area contributed by atoms with Crippen LogP contribution in [-0.2, 0) is 9.59 Å². The summed E-state index contributed by atoms with van der Waals surface area (Å²) in [6, 6.07) is 3.91. The minimum atomic E-state index is -1.42. The van der Waals surface area contributed by atoms with Crippen LogP contribution in [0.25, 0.3) is 11.0 Å². The van der Waals surface area contributed by atoms with Gasteiger partial charge < -0.3 is 30.3 Å². The fourth-order valence-electron chi connectivity index (χ4n) is 3.51. The maximum Gasteiger partial charge on any atom is 0.330 e. The molecule has 0 bridgehead atoms. The number of aromatic amines is 1. The van der Waals surface area contributed by atoms with Gasteiger partial charge in [0.25, 0.3) is 5.91 Å². The van der Waals surface area contributed by atoms with Crippen molar-refractivity contribution in [3.05, 3.63) is 58.0 Å². The number of fused-ring (bicyclic) bond motifs is 1. The summed E-state index contributed by atoms with van der Waals surface area (Å²) < 4.78 is 0. The molecule has 33 heavy (non-hydrogen) atoms. The maximum absolute atomic E-state index is 12.9. The van der Waals surface area contributed by atoms with E-state index in [-0.39, 0.29) is 27.9 Å². The molecule has 3 heterocycles. The number of phenols is 1. The van der Waals surface area contributed by atoms with Crippen LogP contribution in [0.3, 0.4) is 0 Å². The topological polar surface area (TPSA) is 169 Å². The number of carbonyl (C=O) groups excluding carboxylic acids is 2. The van der Waals surface area contributed by atoms with Gasteiger partial charge in [-0.05, 0) is 17.7 Å². The summed E-state index contributed by atoms with van der Waals surface area (Å²) in [7, 11) is 0. The number of piperazine rings is 1. The highest BCUT2D eigenvalue weighted by Crippen LogP contribution is 2.18. The Morgan fingerprint density at radius 1 is 1.15 bits per heavy atom. The zero-order chi connectivity index (χ0) is 23.5. The molecule has 3 aromatic rings. The Labute approximate surface area is 186 Å². The van der Waals surface area contributed by atoms with E-state index in [0.29, 0.717) is 32.1 Å². The second kappa shape index (κ2) is 8.94. The van der Waals surface area contributed by atoms with Gasteiger partial charge in [0.2, 0.25) is 17.8 Å². The van der Waals surface area contributed by atoms with Crippen molar-refractivity contribution < 1.29 is 24.6 Å². The Morgan fingerprint density at radius 2 is 1.85 bits per heavy atom. The zero-order valence-corrected chi connectivity index (χ0v) is 17.3. The number of aliphatic carboxylic acids is 1. The number of phenolic OH excluding ortho intramolecular Hbond substituents is 1. The fraction of sp³-hybridized carbons (Fsp3) is 0.238. The standard InChI is InChI=1S/C21H20N6O6/c28-11-26-5-7-27(8-6-26)21-23-9-14-17(30)15(10-22-18(14)25-21)19(31)24-16(20(32)33)12-1-3-13(29)4-2-12/h1-4,9-11,16,29H,5-8H2,(H,24,31)(H,32,33)(H,22,23,25,30). The Morgan fingerprint density at radius 3 is 2.48 bits per heavy atom. The van der Waals surface area contributed by atoms with Gasteiger partial charge in [-0.1, -0.05) is 12.1 Å². The van der Waals surface area contributed by atoms with Gasteiger partial charge in [0.15, 0.2) is 6.04 Å². The van der Waals surface area contributed by atoms with Crippen molar-refractivity contribution in [2.75, 3.05) is 31.1 Å². The molecule has 1 unspecified atom stereocenters. The third kappa shape index (κ3) is 4.44. The van der Waals surface area contributed by atoms with Crippen LogP contribution in [0.1, 0.15) is 22.0 Å². The normalized spacial score (nSPS) is 14.7.